The van der Waals surface area contributed by atoms with E-state index in [2.05, 4.69) is 29.7 Å². The van der Waals surface area contributed by atoms with E-state index in [9.17, 15) is 13.2 Å². The van der Waals surface area contributed by atoms with Gasteiger partial charge in [-0.1, -0.05) is 11.6 Å². The molecule has 2 aliphatic rings. The Morgan fingerprint density at radius 3 is 2.50 bits per heavy atom. The van der Waals surface area contributed by atoms with Crippen molar-refractivity contribution in [1.82, 2.24) is 18.0 Å². The van der Waals surface area contributed by atoms with Gasteiger partial charge < -0.3 is 4.57 Å². The molecule has 0 radical (unpaired) electrons. The fraction of sp³-hybridized carbons (Fsp3) is 0.375. The molecule has 7 nitrogen and oxygen atoms in total. The van der Waals surface area contributed by atoms with Crippen LogP contribution in [-0.4, -0.2) is 33.0 Å². The first kappa shape index (κ1) is 19.8. The zero-order valence-corrected chi connectivity index (χ0v) is 19.3. The van der Waals surface area contributed by atoms with E-state index in [0.717, 1.165) is 24.8 Å². The number of rotatable bonds is 2. The van der Waals surface area contributed by atoms with Crippen molar-refractivity contribution in [3.63, 3.8) is 0 Å². The van der Waals surface area contributed by atoms with Gasteiger partial charge in [0.05, 0.1) is 22.0 Å². The molecule has 0 saturated heterocycles. The molecule has 0 fully saturated rings. The topological polar surface area (TPSA) is 69.2 Å². The van der Waals surface area contributed by atoms with Gasteiger partial charge in [0.25, 0.3) is 0 Å². The van der Waals surface area contributed by atoms with Crippen LogP contribution < -0.4 is 5.69 Å². The predicted octanol–water partition coefficient (Wildman–Crippen LogP) is 3.22. The highest BCUT2D eigenvalue weighted by molar-refractivity contribution is 7.89. The van der Waals surface area contributed by atoms with Gasteiger partial charge in [-0.05, 0) is 62.1 Å². The number of aromatic nitrogens is 3. The molecule has 166 valence electrons. The Morgan fingerprint density at radius 1 is 0.938 bits per heavy atom. The van der Waals surface area contributed by atoms with Crippen molar-refractivity contribution in [2.45, 2.75) is 43.7 Å². The zero-order valence-electron chi connectivity index (χ0n) is 18.5. The lowest BCUT2D eigenvalue weighted by molar-refractivity contribution is 0.243. The average Bonchev–Trinajstić information content (AvgIpc) is 3.22. The molecule has 2 aromatic heterocycles. The summed E-state index contributed by atoms with van der Waals surface area (Å²) in [7, 11) is -0.333. The third kappa shape index (κ3) is 2.50. The van der Waals surface area contributed by atoms with Crippen LogP contribution in [0.2, 0.25) is 0 Å². The molecular weight excluding hydrogens is 424 g/mol. The molecule has 0 unspecified atom stereocenters. The normalized spacial score (nSPS) is 19.0. The third-order valence-electron chi connectivity index (χ3n) is 7.33. The second kappa shape index (κ2) is 6.59. The number of hydrogen-bond donors (Lipinski definition) is 0. The van der Waals surface area contributed by atoms with Gasteiger partial charge in [0.1, 0.15) is 0 Å². The fourth-order valence-electron chi connectivity index (χ4n) is 5.76. The van der Waals surface area contributed by atoms with Gasteiger partial charge in [-0.25, -0.2) is 13.2 Å². The van der Waals surface area contributed by atoms with E-state index in [4.69, 9.17) is 0 Å². The summed E-state index contributed by atoms with van der Waals surface area (Å²) >= 11 is 0. The third-order valence-corrected chi connectivity index (χ3v) is 9.23. The molecule has 4 aromatic rings. The molecule has 1 atom stereocenters. The van der Waals surface area contributed by atoms with Gasteiger partial charge in [0, 0.05) is 43.8 Å². The number of nitrogens with zero attached hydrogens (tertiary/aromatic N) is 4. The average molecular weight is 451 g/mol. The summed E-state index contributed by atoms with van der Waals surface area (Å²) < 4.78 is 34.8. The number of benzene rings is 2. The summed E-state index contributed by atoms with van der Waals surface area (Å²) in [4.78, 5) is 12.6. The number of sulfonamides is 1. The highest BCUT2D eigenvalue weighted by Crippen LogP contribution is 2.44. The number of imidazole rings is 1. The van der Waals surface area contributed by atoms with Crippen molar-refractivity contribution in [2.24, 2.45) is 14.1 Å². The number of hydrogen-bond acceptors (Lipinski definition) is 3. The van der Waals surface area contributed by atoms with E-state index in [1.807, 2.05) is 0 Å². The second-order valence-electron chi connectivity index (χ2n) is 9.11. The Labute approximate surface area is 186 Å². The molecule has 1 aliphatic carbocycles. The summed E-state index contributed by atoms with van der Waals surface area (Å²) in [5, 5.41) is 1.27. The molecule has 32 heavy (non-hydrogen) atoms. The molecule has 3 heterocycles. The lowest BCUT2D eigenvalue weighted by Crippen LogP contribution is -2.43. The fourth-order valence-corrected chi connectivity index (χ4v) is 7.39. The minimum Gasteiger partial charge on any atom is -0.341 e. The Balaban J connectivity index is 1.50. The van der Waals surface area contributed by atoms with Crippen LogP contribution in [0.5, 0.6) is 0 Å². The SMILES string of the molecule is Cc1ccc2c(c1)c1c3n2CCN(S(=O)(=O)c2ccc4c(c2)n(C)c(=O)n4C)[C@H]3CCC1. The Kier molecular flexibility index (Phi) is 4.08. The summed E-state index contributed by atoms with van der Waals surface area (Å²) in [5.41, 5.74) is 6.11. The molecule has 0 spiro atoms. The summed E-state index contributed by atoms with van der Waals surface area (Å²) in [6.07, 6.45) is 2.79. The highest BCUT2D eigenvalue weighted by atomic mass is 32.2. The Hall–Kier alpha value is -2.84. The molecule has 0 N–H and O–H groups in total. The maximum absolute atomic E-state index is 13.8. The minimum absolute atomic E-state index is 0.152. The molecule has 2 aromatic carbocycles. The standard InChI is InChI=1S/C24H26N4O3S/c1-15-7-9-19-18(13-15)17-5-4-6-21-23(17)27(19)11-12-28(21)32(30,31)16-8-10-20-22(14-16)26(3)24(29)25(20)2/h7-10,13-14,21H,4-6,11-12H2,1-3H3/t21-/m0/s1. The van der Waals surface area contributed by atoms with Gasteiger partial charge in [0.2, 0.25) is 10.0 Å². The molecular formula is C24H26N4O3S. The van der Waals surface area contributed by atoms with Crippen LogP contribution >= 0.6 is 0 Å². The Bertz CT molecular complexity index is 1590. The maximum atomic E-state index is 13.8. The quantitative estimate of drug-likeness (QED) is 0.471. The monoisotopic (exact) mass is 450 g/mol. The second-order valence-corrected chi connectivity index (χ2v) is 11.0. The summed E-state index contributed by atoms with van der Waals surface area (Å²) in [5.74, 6) is 0. The van der Waals surface area contributed by atoms with Gasteiger partial charge in [-0.3, -0.25) is 9.13 Å². The van der Waals surface area contributed by atoms with Crippen molar-refractivity contribution >= 4 is 32.0 Å². The van der Waals surface area contributed by atoms with E-state index in [-0.39, 0.29) is 16.6 Å². The van der Waals surface area contributed by atoms with Crippen molar-refractivity contribution in [3.8, 4) is 0 Å². The predicted molar refractivity (Wildman–Crippen MR) is 124 cm³/mol. The number of aryl methyl sites for hydroxylation is 4. The van der Waals surface area contributed by atoms with Crippen molar-refractivity contribution < 1.29 is 8.42 Å². The van der Waals surface area contributed by atoms with E-state index in [1.165, 1.54) is 32.3 Å². The maximum Gasteiger partial charge on any atom is 0.328 e. The van der Waals surface area contributed by atoms with Gasteiger partial charge in [-0.15, -0.1) is 0 Å². The summed E-state index contributed by atoms with van der Waals surface area (Å²) in [6.45, 7) is 3.20. The van der Waals surface area contributed by atoms with Crippen molar-refractivity contribution in [1.29, 1.82) is 0 Å². The smallest absolute Gasteiger partial charge is 0.328 e. The molecule has 1 aliphatic heterocycles. The zero-order chi connectivity index (χ0) is 22.4. The first-order valence-corrected chi connectivity index (χ1v) is 12.5. The van der Waals surface area contributed by atoms with Crippen LogP contribution in [-0.2, 0) is 37.1 Å². The van der Waals surface area contributed by atoms with Crippen LogP contribution in [0.3, 0.4) is 0 Å². The van der Waals surface area contributed by atoms with Gasteiger partial charge in [-0.2, -0.15) is 4.31 Å². The van der Waals surface area contributed by atoms with Gasteiger partial charge >= 0.3 is 5.69 Å². The van der Waals surface area contributed by atoms with E-state index in [0.29, 0.717) is 18.6 Å². The van der Waals surface area contributed by atoms with Crippen molar-refractivity contribution in [3.05, 3.63) is 63.7 Å². The van der Waals surface area contributed by atoms with Crippen LogP contribution in [0.1, 0.15) is 35.7 Å². The van der Waals surface area contributed by atoms with E-state index >= 15 is 0 Å². The van der Waals surface area contributed by atoms with Crippen LogP contribution in [0.15, 0.2) is 46.1 Å². The molecule has 8 heteroatoms. The summed E-state index contributed by atoms with van der Waals surface area (Å²) in [6, 6.07) is 11.4. The minimum atomic E-state index is -3.71. The lowest BCUT2D eigenvalue weighted by Gasteiger charge is -2.39. The molecule has 6 rings (SSSR count). The van der Waals surface area contributed by atoms with Crippen LogP contribution in [0, 0.1) is 6.92 Å². The first-order chi connectivity index (χ1) is 15.3. The van der Waals surface area contributed by atoms with Crippen molar-refractivity contribution in [2.75, 3.05) is 6.54 Å². The number of fused-ring (bicyclic) bond motifs is 4. The molecule has 0 amide bonds. The first-order valence-electron chi connectivity index (χ1n) is 11.1. The van der Waals surface area contributed by atoms with Gasteiger partial charge in [0.15, 0.2) is 0 Å². The Morgan fingerprint density at radius 2 is 1.69 bits per heavy atom. The van der Waals surface area contributed by atoms with Crippen LogP contribution in [0.4, 0.5) is 0 Å². The van der Waals surface area contributed by atoms with E-state index < -0.39 is 10.0 Å². The lowest BCUT2D eigenvalue weighted by atomic mass is 9.90. The molecule has 0 saturated carbocycles. The van der Waals surface area contributed by atoms with E-state index in [1.54, 1.807) is 41.2 Å². The molecule has 0 bridgehead atoms. The highest BCUT2D eigenvalue weighted by Gasteiger charge is 2.41. The largest absolute Gasteiger partial charge is 0.341 e. The van der Waals surface area contributed by atoms with Crippen LogP contribution in [0.25, 0.3) is 21.9 Å².